The van der Waals surface area contributed by atoms with E-state index in [2.05, 4.69) is 0 Å². The summed E-state index contributed by atoms with van der Waals surface area (Å²) in [4.78, 5) is 70.1. The number of ketones is 2. The van der Waals surface area contributed by atoms with Crippen LogP contribution >= 0.6 is 0 Å². The lowest BCUT2D eigenvalue weighted by Gasteiger charge is -2.47. The Morgan fingerprint density at radius 2 is 1.59 bits per heavy atom. The number of fused-ring (bicyclic) bond motifs is 3. The van der Waals surface area contributed by atoms with Crippen molar-refractivity contribution in [3.8, 4) is 0 Å². The van der Waals surface area contributed by atoms with Gasteiger partial charge in [-0.05, 0) is 118 Å². The lowest BCUT2D eigenvalue weighted by atomic mass is 9.78. The second kappa shape index (κ2) is 23.8. The molecule has 1 aromatic carbocycles. The Kier molecular flexibility index (Phi) is 19.0. The van der Waals surface area contributed by atoms with Gasteiger partial charge < -0.3 is 49.4 Å². The van der Waals surface area contributed by atoms with Gasteiger partial charge in [0, 0.05) is 51.5 Å². The molecule has 1 aromatic rings. The number of allylic oxidation sites excluding steroid dienone is 4. The maximum Gasteiger partial charge on any atom is 0.335 e. The molecule has 2 saturated heterocycles. The molecule has 1 aliphatic carbocycles. The van der Waals surface area contributed by atoms with Crippen LogP contribution in [-0.2, 0) is 38.1 Å². The van der Waals surface area contributed by atoms with Gasteiger partial charge in [-0.2, -0.15) is 0 Å². The van der Waals surface area contributed by atoms with Crippen molar-refractivity contribution >= 4 is 35.5 Å². The number of aliphatic hydroxyl groups is 4. The van der Waals surface area contributed by atoms with Crippen LogP contribution in [0.1, 0.15) is 121 Å². The third kappa shape index (κ3) is 12.9. The summed E-state index contributed by atoms with van der Waals surface area (Å²) >= 11 is 0. The number of piperidine rings is 1. The van der Waals surface area contributed by atoms with Gasteiger partial charge in [-0.1, -0.05) is 64.1 Å². The highest BCUT2D eigenvalue weighted by Gasteiger charge is 2.56. The van der Waals surface area contributed by atoms with Gasteiger partial charge in [0.25, 0.3) is 11.7 Å². The molecule has 2 bridgehead atoms. The molecule has 1 amide bonds. The third-order valence-electron chi connectivity index (χ3n) is 14.4. The Morgan fingerprint density at radius 3 is 2.24 bits per heavy atom. The van der Waals surface area contributed by atoms with E-state index in [0.717, 1.165) is 10.5 Å². The quantitative estimate of drug-likeness (QED) is 0.118. The standard InChI is InChI=1S/C51H73NO14/c1-29-21-30(2)23-43(63-6)46-44(64-7)25-32(4)51(62,66-46)47(57)48(58)52-20-9-8-13-39(52)50(61)65-45(31(3)24-35-16-19-40(54)38(26-35)28-53)33(5)41(55)27-42(56)37(22-29)12-10-11-34-14-17-36(18-15-34)49(59)60/h10-11,14-15,17-18,22,24,29-30,32-33,35,38-41,43-46,53-55,62H,8-9,12-13,16,19-21,23,25-28H2,1-7H3,(H,59,60)/b11-10?,31-24?,37-22+/t29?,30-,32+,33+,35-,38-,39?,40+,41-,43-,44-,45+,46+,51+/m0/s1. The van der Waals surface area contributed by atoms with Crippen molar-refractivity contribution in [1.82, 2.24) is 4.90 Å². The first-order valence-corrected chi connectivity index (χ1v) is 23.7. The third-order valence-corrected chi connectivity index (χ3v) is 14.4. The molecule has 366 valence electrons. The van der Waals surface area contributed by atoms with Gasteiger partial charge in [-0.25, -0.2) is 9.59 Å². The number of esters is 1. The summed E-state index contributed by atoms with van der Waals surface area (Å²) in [5.74, 6) is -9.32. The molecule has 0 aromatic heterocycles. The highest BCUT2D eigenvalue weighted by atomic mass is 16.7. The number of carbonyl (C=O) groups is 5. The average molecular weight is 924 g/mol. The molecule has 15 heteroatoms. The van der Waals surface area contributed by atoms with E-state index in [9.17, 15) is 49.5 Å². The number of hydrogen-bond donors (Lipinski definition) is 5. The molecule has 1 saturated carbocycles. The van der Waals surface area contributed by atoms with Gasteiger partial charge in [0.1, 0.15) is 18.2 Å². The molecule has 0 radical (unpaired) electrons. The molecule has 2 unspecified atom stereocenters. The number of rotatable bonds is 9. The maximum atomic E-state index is 14.5. The van der Waals surface area contributed by atoms with Crippen LogP contribution in [0.15, 0.2) is 53.6 Å². The van der Waals surface area contributed by atoms with Crippen molar-refractivity contribution in [3.63, 3.8) is 0 Å². The minimum Gasteiger partial charge on any atom is -0.478 e. The van der Waals surface area contributed by atoms with E-state index < -0.39 is 83.9 Å². The zero-order valence-electron chi connectivity index (χ0n) is 39.7. The van der Waals surface area contributed by atoms with Crippen molar-refractivity contribution in [3.05, 3.63) is 64.8 Å². The molecule has 4 aliphatic rings. The van der Waals surface area contributed by atoms with E-state index in [4.69, 9.17) is 18.9 Å². The van der Waals surface area contributed by atoms with E-state index in [1.54, 1.807) is 39.0 Å². The van der Waals surface area contributed by atoms with Gasteiger partial charge in [-0.3, -0.25) is 14.4 Å². The largest absolute Gasteiger partial charge is 0.478 e. The van der Waals surface area contributed by atoms with Crippen molar-refractivity contribution in [2.45, 2.75) is 154 Å². The molecule has 3 aliphatic heterocycles. The van der Waals surface area contributed by atoms with Crippen molar-refractivity contribution in [2.75, 3.05) is 27.4 Å². The first-order valence-electron chi connectivity index (χ1n) is 23.7. The minimum absolute atomic E-state index is 0.0423. The predicted octanol–water partition coefficient (Wildman–Crippen LogP) is 5.46. The van der Waals surface area contributed by atoms with Crippen LogP contribution in [-0.4, -0.2) is 136 Å². The van der Waals surface area contributed by atoms with Crippen molar-refractivity contribution in [1.29, 1.82) is 0 Å². The van der Waals surface area contributed by atoms with E-state index in [1.807, 2.05) is 32.1 Å². The topological polar surface area (TPSA) is 227 Å². The molecule has 3 fully saturated rings. The number of carboxylic acid groups (broad SMARTS) is 1. The normalized spacial score (nSPS) is 37.1. The van der Waals surface area contributed by atoms with E-state index >= 15 is 0 Å². The number of carbonyl (C=O) groups excluding carboxylic acids is 4. The molecule has 3 heterocycles. The smallest absolute Gasteiger partial charge is 0.335 e. The zero-order valence-corrected chi connectivity index (χ0v) is 39.7. The van der Waals surface area contributed by atoms with Crippen LogP contribution < -0.4 is 0 Å². The number of ether oxygens (including phenoxy) is 4. The number of aliphatic hydroxyl groups excluding tert-OH is 3. The van der Waals surface area contributed by atoms with Crippen LogP contribution in [0, 0.1) is 35.5 Å². The van der Waals surface area contributed by atoms with Crippen molar-refractivity contribution in [2.24, 2.45) is 35.5 Å². The maximum absolute atomic E-state index is 14.5. The van der Waals surface area contributed by atoms with Crippen LogP contribution in [0.5, 0.6) is 0 Å². The first-order chi connectivity index (χ1) is 31.3. The Bertz CT molecular complexity index is 1940. The lowest BCUT2D eigenvalue weighted by Crippen LogP contribution is -2.64. The number of Topliss-reactive ketones (excluding diaryl/α,β-unsaturated/α-hetero) is 2. The number of methoxy groups -OCH3 is 2. The van der Waals surface area contributed by atoms with Gasteiger partial charge in [0.2, 0.25) is 5.79 Å². The monoisotopic (exact) mass is 924 g/mol. The molecular formula is C51H73NO14. The van der Waals surface area contributed by atoms with Crippen molar-refractivity contribution < 1.29 is 68.5 Å². The Morgan fingerprint density at radius 1 is 0.909 bits per heavy atom. The fraction of sp³-hybridized carbons (Fsp3) is 0.667. The fourth-order valence-corrected chi connectivity index (χ4v) is 10.4. The van der Waals surface area contributed by atoms with Crippen LogP contribution in [0.25, 0.3) is 6.08 Å². The fourth-order valence-electron chi connectivity index (χ4n) is 10.4. The molecular weight excluding hydrogens is 851 g/mol. The second-order valence-electron chi connectivity index (χ2n) is 19.5. The second-order valence-corrected chi connectivity index (χ2v) is 19.5. The molecule has 66 heavy (non-hydrogen) atoms. The Labute approximate surface area is 389 Å². The predicted molar refractivity (Wildman–Crippen MR) is 245 cm³/mol. The van der Waals surface area contributed by atoms with E-state index in [1.165, 1.54) is 26.4 Å². The summed E-state index contributed by atoms with van der Waals surface area (Å²) in [6.45, 7) is 8.94. The number of carboxylic acids is 1. The number of amides is 1. The highest BCUT2D eigenvalue weighted by Crippen LogP contribution is 2.39. The summed E-state index contributed by atoms with van der Waals surface area (Å²) in [7, 11) is 3.02. The summed E-state index contributed by atoms with van der Waals surface area (Å²) in [6.07, 6.45) is 6.06. The van der Waals surface area contributed by atoms with Crippen LogP contribution in [0.3, 0.4) is 0 Å². The van der Waals surface area contributed by atoms with Gasteiger partial charge in [0.15, 0.2) is 5.78 Å². The summed E-state index contributed by atoms with van der Waals surface area (Å²) < 4.78 is 24.4. The number of nitrogens with zero attached hydrogens (tertiary/aromatic N) is 1. The molecule has 15 nitrogen and oxygen atoms in total. The Hall–Kier alpha value is -4.09. The molecule has 0 spiro atoms. The Balaban J connectivity index is 1.55. The van der Waals surface area contributed by atoms with E-state index in [-0.39, 0.29) is 73.9 Å². The molecule has 5 N–H and O–H groups in total. The SMILES string of the molecule is CO[C@H]1C[C@@H](C)CC(C)/C=C(\CC=Cc2ccc(C(=O)O)cc2)C(=O)C[C@H](O)[C@@H](C)[C@@H](C(C)=C[C@@H]2CC[C@@H](O)[C@H](CO)C2)OC(=O)C2CCCCN2C(=O)C(=O)[C@]2(O)O[C@H]1[C@@H](OC)C[C@H]2C. The number of cyclic esters (lactones) is 1. The number of aromatic carboxylic acids is 1. The summed E-state index contributed by atoms with van der Waals surface area (Å²) in [5.41, 5.74) is 1.93. The van der Waals surface area contributed by atoms with Gasteiger partial charge in [-0.15, -0.1) is 0 Å². The minimum atomic E-state index is -2.56. The highest BCUT2D eigenvalue weighted by molar-refractivity contribution is 6.39. The van der Waals surface area contributed by atoms with Crippen LogP contribution in [0.4, 0.5) is 0 Å². The number of hydrogen-bond acceptors (Lipinski definition) is 13. The number of benzene rings is 1. The summed E-state index contributed by atoms with van der Waals surface area (Å²) in [5, 5.41) is 53.8. The first kappa shape index (κ1) is 52.9. The average Bonchev–Trinajstić information content (AvgIpc) is 3.29. The van der Waals surface area contributed by atoms with E-state index in [0.29, 0.717) is 56.1 Å². The molecule has 14 atom stereocenters. The zero-order chi connectivity index (χ0) is 48.5. The van der Waals surface area contributed by atoms with Gasteiger partial charge >= 0.3 is 11.9 Å². The van der Waals surface area contributed by atoms with Crippen LogP contribution in [0.2, 0.25) is 0 Å². The summed E-state index contributed by atoms with van der Waals surface area (Å²) in [6, 6.07) is 5.15. The lowest BCUT2D eigenvalue weighted by molar-refractivity contribution is -0.302. The molecule has 5 rings (SSSR count). The van der Waals surface area contributed by atoms with Gasteiger partial charge in [0.05, 0.1) is 30.0 Å².